The lowest BCUT2D eigenvalue weighted by atomic mass is 10.2. The molecule has 2 aromatic heterocycles. The van der Waals surface area contributed by atoms with Crippen molar-refractivity contribution in [1.82, 2.24) is 9.97 Å². The summed E-state index contributed by atoms with van der Waals surface area (Å²) in [5, 5.41) is 10.5. The van der Waals surface area contributed by atoms with Crippen molar-refractivity contribution in [2.24, 2.45) is 4.99 Å². The van der Waals surface area contributed by atoms with Crippen LogP contribution in [0.25, 0.3) is 10.9 Å². The van der Waals surface area contributed by atoms with E-state index in [4.69, 9.17) is 24.1 Å². The molecule has 0 bridgehead atoms. The van der Waals surface area contributed by atoms with Gasteiger partial charge >= 0.3 is 5.97 Å². The van der Waals surface area contributed by atoms with E-state index >= 15 is 0 Å². The van der Waals surface area contributed by atoms with Gasteiger partial charge in [0.15, 0.2) is 9.84 Å². The molecule has 1 unspecified atom stereocenters. The van der Waals surface area contributed by atoms with Crippen LogP contribution in [0.15, 0.2) is 46.4 Å². The minimum Gasteiger partial charge on any atom is -0.483 e. The Morgan fingerprint density at radius 2 is 1.97 bits per heavy atom. The number of sulfone groups is 1. The summed E-state index contributed by atoms with van der Waals surface area (Å²) < 4.78 is 46.1. The summed E-state index contributed by atoms with van der Waals surface area (Å²) in [5.74, 6) is 0.261. The highest BCUT2D eigenvalue weighted by Gasteiger charge is 2.25. The molecular weight excluding hydrogens is 522 g/mol. The lowest BCUT2D eigenvalue weighted by Gasteiger charge is -2.19. The average Bonchev–Trinajstić information content (AvgIpc) is 3.46. The molecule has 3 heterocycles. The molecule has 0 fully saturated rings. The second-order valence-corrected chi connectivity index (χ2v) is 11.7. The standard InChI is InChI=1S/C24H27N3O8S2/c1-32-12-16(13-33-2)34-20-8-15(35-21-5-4-18(11-25-21)37(3,30)31)6-14-7-19(27-23(14)20)24-26-10-17(36-24)9-22(28)29/h4-8,11,16-17,27H,9-10,12-13H2,1-3H3,(H,28,29). The van der Waals surface area contributed by atoms with Gasteiger partial charge in [0.05, 0.1) is 42.3 Å². The van der Waals surface area contributed by atoms with Gasteiger partial charge in [-0.1, -0.05) is 11.8 Å². The van der Waals surface area contributed by atoms with Gasteiger partial charge in [-0.3, -0.25) is 9.79 Å². The largest absolute Gasteiger partial charge is 0.483 e. The van der Waals surface area contributed by atoms with Crippen LogP contribution in [0.5, 0.6) is 17.4 Å². The Balaban J connectivity index is 1.67. The number of benzene rings is 1. The number of aromatic amines is 1. The number of nitrogens with one attached hydrogen (secondary N) is 1. The van der Waals surface area contributed by atoms with Crippen molar-refractivity contribution < 1.29 is 37.3 Å². The lowest BCUT2D eigenvalue weighted by molar-refractivity contribution is -0.136. The minimum absolute atomic E-state index is 0.0328. The molecule has 0 saturated heterocycles. The molecule has 0 radical (unpaired) electrons. The number of ether oxygens (including phenoxy) is 4. The van der Waals surface area contributed by atoms with Crippen molar-refractivity contribution in [3.63, 3.8) is 0 Å². The Morgan fingerprint density at radius 1 is 1.22 bits per heavy atom. The second kappa shape index (κ2) is 11.5. The van der Waals surface area contributed by atoms with Crippen molar-refractivity contribution in [1.29, 1.82) is 0 Å². The number of methoxy groups -OCH3 is 2. The number of carboxylic acids is 1. The first-order valence-electron chi connectivity index (χ1n) is 11.2. The fourth-order valence-corrected chi connectivity index (χ4v) is 5.39. The van der Waals surface area contributed by atoms with Crippen LogP contribution < -0.4 is 9.47 Å². The average molecular weight is 550 g/mol. The molecule has 13 heteroatoms. The van der Waals surface area contributed by atoms with E-state index < -0.39 is 21.9 Å². The van der Waals surface area contributed by atoms with Gasteiger partial charge in [-0.2, -0.15) is 0 Å². The number of hydrogen-bond acceptors (Lipinski definition) is 10. The monoisotopic (exact) mass is 549 g/mol. The summed E-state index contributed by atoms with van der Waals surface area (Å²) in [4.78, 5) is 23.1. The fraction of sp³-hybridized carbons (Fsp3) is 0.375. The molecule has 1 aromatic carbocycles. The first-order valence-corrected chi connectivity index (χ1v) is 14.0. The van der Waals surface area contributed by atoms with Crippen LogP contribution >= 0.6 is 11.8 Å². The third kappa shape index (κ3) is 6.80. The van der Waals surface area contributed by atoms with Crippen LogP contribution in [0.4, 0.5) is 0 Å². The normalized spacial score (nSPS) is 15.8. The van der Waals surface area contributed by atoms with Crippen molar-refractivity contribution in [2.45, 2.75) is 22.7 Å². The SMILES string of the molecule is COCC(COC)Oc1cc(Oc2ccc(S(C)(=O)=O)cn2)cc2cc(C3=NCC(CC(=O)O)S3)[nH]c12. The molecular formula is C24H27N3O8S2. The third-order valence-electron chi connectivity index (χ3n) is 5.37. The number of thioether (sulfide) groups is 1. The van der Waals surface area contributed by atoms with E-state index in [1.54, 1.807) is 26.4 Å². The topological polar surface area (TPSA) is 149 Å². The second-order valence-electron chi connectivity index (χ2n) is 8.41. The molecule has 2 N–H and O–H groups in total. The maximum atomic E-state index is 11.7. The number of pyridine rings is 1. The third-order valence-corrected chi connectivity index (χ3v) is 7.69. The van der Waals surface area contributed by atoms with Crippen LogP contribution in [-0.2, 0) is 24.1 Å². The molecule has 0 aliphatic carbocycles. The molecule has 11 nitrogen and oxygen atoms in total. The van der Waals surface area contributed by atoms with Gasteiger partial charge in [0.1, 0.15) is 22.6 Å². The summed E-state index contributed by atoms with van der Waals surface area (Å²) in [6.45, 7) is 1.02. The first-order chi connectivity index (χ1) is 17.7. The van der Waals surface area contributed by atoms with E-state index in [0.717, 1.165) is 22.4 Å². The van der Waals surface area contributed by atoms with Gasteiger partial charge in [-0.25, -0.2) is 13.4 Å². The molecule has 0 saturated carbocycles. The van der Waals surface area contributed by atoms with E-state index in [9.17, 15) is 13.2 Å². The molecule has 1 atom stereocenters. The highest BCUT2D eigenvalue weighted by molar-refractivity contribution is 8.15. The number of carbonyl (C=O) groups is 1. The van der Waals surface area contributed by atoms with Crippen LogP contribution in [0.2, 0.25) is 0 Å². The summed E-state index contributed by atoms with van der Waals surface area (Å²) in [5.41, 5.74) is 1.44. The van der Waals surface area contributed by atoms with E-state index in [1.165, 1.54) is 30.1 Å². The number of H-pyrrole nitrogens is 1. The van der Waals surface area contributed by atoms with Crippen molar-refractivity contribution in [2.75, 3.05) is 40.2 Å². The van der Waals surface area contributed by atoms with Crippen LogP contribution in [0.3, 0.4) is 0 Å². The smallest absolute Gasteiger partial charge is 0.304 e. The fourth-order valence-electron chi connectivity index (χ4n) is 3.75. The molecule has 1 aliphatic heterocycles. The lowest BCUT2D eigenvalue weighted by Crippen LogP contribution is -2.27. The number of aliphatic imine (C=N–C) groups is 1. The maximum absolute atomic E-state index is 11.7. The Bertz CT molecular complexity index is 1400. The molecule has 0 amide bonds. The predicted octanol–water partition coefficient (Wildman–Crippen LogP) is 3.14. The van der Waals surface area contributed by atoms with Gasteiger partial charge in [0.25, 0.3) is 0 Å². The molecule has 37 heavy (non-hydrogen) atoms. The predicted molar refractivity (Wildman–Crippen MR) is 139 cm³/mol. The van der Waals surface area contributed by atoms with Crippen molar-refractivity contribution in [3.8, 4) is 17.4 Å². The minimum atomic E-state index is -3.38. The van der Waals surface area contributed by atoms with Gasteiger partial charge in [-0.15, -0.1) is 0 Å². The number of carboxylic acid groups (broad SMARTS) is 1. The Morgan fingerprint density at radius 3 is 2.59 bits per heavy atom. The van der Waals surface area contributed by atoms with Crippen molar-refractivity contribution in [3.05, 3.63) is 42.2 Å². The van der Waals surface area contributed by atoms with E-state index in [1.807, 2.05) is 6.07 Å². The zero-order valence-electron chi connectivity index (χ0n) is 20.5. The molecule has 4 rings (SSSR count). The van der Waals surface area contributed by atoms with Crippen LogP contribution in [0, 0.1) is 0 Å². The van der Waals surface area contributed by atoms with E-state index in [-0.39, 0.29) is 22.4 Å². The van der Waals surface area contributed by atoms with Gasteiger partial charge in [-0.05, 0) is 18.2 Å². The number of rotatable bonds is 12. The van der Waals surface area contributed by atoms with Gasteiger partial charge in [0, 0.05) is 49.4 Å². The zero-order valence-corrected chi connectivity index (χ0v) is 22.1. The summed E-state index contributed by atoms with van der Waals surface area (Å²) in [6.07, 6.45) is 1.99. The number of aromatic nitrogens is 2. The Hall–Kier alpha value is -3.13. The number of fused-ring (bicyclic) bond motifs is 1. The number of aliphatic carboxylic acids is 1. The van der Waals surface area contributed by atoms with Crippen LogP contribution in [-0.4, -0.2) is 86.1 Å². The van der Waals surface area contributed by atoms with Gasteiger partial charge < -0.3 is 29.0 Å². The summed E-state index contributed by atoms with van der Waals surface area (Å²) in [7, 11) is -0.236. The van der Waals surface area contributed by atoms with E-state index in [0.29, 0.717) is 36.8 Å². The van der Waals surface area contributed by atoms with Crippen LogP contribution in [0.1, 0.15) is 12.1 Å². The summed E-state index contributed by atoms with van der Waals surface area (Å²) >= 11 is 1.42. The quantitative estimate of drug-likeness (QED) is 0.345. The molecule has 3 aromatic rings. The Kier molecular flexibility index (Phi) is 8.37. The Labute approximate surface area is 218 Å². The molecule has 1 aliphatic rings. The summed E-state index contributed by atoms with van der Waals surface area (Å²) in [6, 6.07) is 8.30. The zero-order chi connectivity index (χ0) is 26.6. The highest BCUT2D eigenvalue weighted by atomic mass is 32.2. The molecule has 198 valence electrons. The number of nitrogens with zero attached hydrogens (tertiary/aromatic N) is 2. The van der Waals surface area contributed by atoms with E-state index in [2.05, 4.69) is 15.0 Å². The highest BCUT2D eigenvalue weighted by Crippen LogP contribution is 2.36. The van der Waals surface area contributed by atoms with Crippen molar-refractivity contribution >= 4 is 43.5 Å². The maximum Gasteiger partial charge on any atom is 0.304 e. The first kappa shape index (κ1) is 26.9. The molecule has 0 spiro atoms. The number of hydrogen-bond donors (Lipinski definition) is 2. The van der Waals surface area contributed by atoms with Gasteiger partial charge in [0.2, 0.25) is 5.88 Å².